The summed E-state index contributed by atoms with van der Waals surface area (Å²) in [6, 6.07) is 9.60. The molecule has 1 aliphatic carbocycles. The highest BCUT2D eigenvalue weighted by Gasteiger charge is 2.45. The standard InChI is InChI=1S/C31H43FN6O2/c1-30(2,3)38-15-13-37(14-16-38)12-6-11-36(5)23-7-8-27-25(17-23)24(9-10-34-27)29(40)35-21-28(39)26-19-31(4,32)18-22(26)20-33/h7-10,17,22,26H,6,11-16,18-19,21H2,1-5H3,(H,35,40)/t22-,26?,31?/m0/s1. The van der Waals surface area contributed by atoms with Crippen LogP contribution in [0.15, 0.2) is 30.5 Å². The largest absolute Gasteiger partial charge is 0.375 e. The number of rotatable bonds is 9. The number of benzene rings is 1. The van der Waals surface area contributed by atoms with E-state index in [2.05, 4.69) is 58.9 Å². The lowest BCUT2D eigenvalue weighted by atomic mass is 9.93. The number of hydrogen-bond donors (Lipinski definition) is 1. The maximum atomic E-state index is 14.4. The number of anilines is 1. The Labute approximate surface area is 237 Å². The molecule has 40 heavy (non-hydrogen) atoms. The highest BCUT2D eigenvalue weighted by Crippen LogP contribution is 2.41. The minimum absolute atomic E-state index is 0.0148. The molecule has 3 atom stereocenters. The average molecular weight is 551 g/mol. The van der Waals surface area contributed by atoms with Crippen molar-refractivity contribution in [3.05, 3.63) is 36.0 Å². The lowest BCUT2D eigenvalue weighted by Gasteiger charge is -2.42. The van der Waals surface area contributed by atoms with Crippen LogP contribution < -0.4 is 10.2 Å². The summed E-state index contributed by atoms with van der Waals surface area (Å²) in [5.41, 5.74) is 0.810. The van der Waals surface area contributed by atoms with E-state index >= 15 is 0 Å². The van der Waals surface area contributed by atoms with Gasteiger partial charge in [0.15, 0.2) is 5.78 Å². The number of nitriles is 1. The number of aromatic nitrogens is 1. The molecule has 2 heterocycles. The second kappa shape index (κ2) is 12.2. The number of nitrogens with zero attached hydrogens (tertiary/aromatic N) is 5. The van der Waals surface area contributed by atoms with Gasteiger partial charge in [0.1, 0.15) is 5.67 Å². The van der Waals surface area contributed by atoms with Crippen molar-refractivity contribution in [2.45, 2.75) is 58.2 Å². The number of nitrogens with one attached hydrogen (secondary N) is 1. The Morgan fingerprint density at radius 1 is 1.20 bits per heavy atom. The summed E-state index contributed by atoms with van der Waals surface area (Å²) in [7, 11) is 2.05. The smallest absolute Gasteiger partial charge is 0.252 e. The summed E-state index contributed by atoms with van der Waals surface area (Å²) < 4.78 is 14.4. The van der Waals surface area contributed by atoms with Crippen molar-refractivity contribution < 1.29 is 14.0 Å². The van der Waals surface area contributed by atoms with Gasteiger partial charge < -0.3 is 15.1 Å². The van der Waals surface area contributed by atoms with Crippen molar-refractivity contribution in [2.75, 3.05) is 57.8 Å². The fraction of sp³-hybridized carbons (Fsp3) is 0.613. The highest BCUT2D eigenvalue weighted by atomic mass is 19.1. The first kappa shape index (κ1) is 29.9. The van der Waals surface area contributed by atoms with Gasteiger partial charge in [-0.1, -0.05) is 0 Å². The number of ketones is 1. The molecule has 1 aliphatic heterocycles. The summed E-state index contributed by atoms with van der Waals surface area (Å²) >= 11 is 0. The second-order valence-corrected chi connectivity index (χ2v) is 12.6. The minimum atomic E-state index is -1.53. The second-order valence-electron chi connectivity index (χ2n) is 12.6. The van der Waals surface area contributed by atoms with E-state index < -0.39 is 17.5 Å². The number of carbonyl (C=O) groups is 2. The van der Waals surface area contributed by atoms with Crippen molar-refractivity contribution in [3.8, 4) is 6.07 Å². The van der Waals surface area contributed by atoms with Gasteiger partial charge in [-0.2, -0.15) is 5.26 Å². The van der Waals surface area contributed by atoms with Gasteiger partial charge in [0.05, 0.1) is 29.6 Å². The third-order valence-corrected chi connectivity index (χ3v) is 8.48. The number of hydrogen-bond acceptors (Lipinski definition) is 7. The predicted octanol–water partition coefficient (Wildman–Crippen LogP) is 4.05. The number of pyridine rings is 1. The summed E-state index contributed by atoms with van der Waals surface area (Å²) in [5, 5.41) is 12.8. The summed E-state index contributed by atoms with van der Waals surface area (Å²) in [6.07, 6.45) is 2.68. The molecule has 0 bridgehead atoms. The molecule has 2 fully saturated rings. The topological polar surface area (TPSA) is 92.6 Å². The van der Waals surface area contributed by atoms with Gasteiger partial charge in [0, 0.05) is 68.5 Å². The van der Waals surface area contributed by atoms with Crippen molar-refractivity contribution in [3.63, 3.8) is 0 Å². The van der Waals surface area contributed by atoms with Crippen molar-refractivity contribution in [1.82, 2.24) is 20.1 Å². The molecule has 8 nitrogen and oxygen atoms in total. The summed E-state index contributed by atoms with van der Waals surface area (Å²) in [5.74, 6) is -2.05. The molecule has 1 aromatic heterocycles. The van der Waals surface area contributed by atoms with Crippen molar-refractivity contribution in [1.29, 1.82) is 5.26 Å². The zero-order valence-corrected chi connectivity index (χ0v) is 24.5. The molecular weight excluding hydrogens is 507 g/mol. The SMILES string of the molecule is CN(CCCN1CCN(C(C)(C)C)CC1)c1ccc2nccc(C(=O)NCC(=O)C3CC(C)(F)C[C@H]3C#N)c2c1. The van der Waals surface area contributed by atoms with E-state index in [4.69, 9.17) is 0 Å². The molecule has 1 saturated carbocycles. The van der Waals surface area contributed by atoms with Crippen LogP contribution in [-0.4, -0.2) is 90.5 Å². The quantitative estimate of drug-likeness (QED) is 0.504. The van der Waals surface area contributed by atoms with Crippen LogP contribution in [0.3, 0.4) is 0 Å². The Hall–Kier alpha value is -3.09. The van der Waals surface area contributed by atoms with Gasteiger partial charge >= 0.3 is 0 Å². The highest BCUT2D eigenvalue weighted by molar-refractivity contribution is 6.07. The van der Waals surface area contributed by atoms with Gasteiger partial charge in [-0.15, -0.1) is 0 Å². The number of halogens is 1. The van der Waals surface area contributed by atoms with Crippen LogP contribution in [0.1, 0.15) is 57.3 Å². The van der Waals surface area contributed by atoms with E-state index in [1.165, 1.54) is 6.92 Å². The van der Waals surface area contributed by atoms with Crippen molar-refractivity contribution >= 4 is 28.3 Å². The van der Waals surface area contributed by atoms with E-state index in [0.29, 0.717) is 16.5 Å². The maximum Gasteiger partial charge on any atom is 0.252 e. The molecule has 2 aliphatic rings. The zero-order chi connectivity index (χ0) is 29.1. The third kappa shape index (κ3) is 7.15. The molecule has 1 N–H and O–H groups in total. The van der Waals surface area contributed by atoms with Gasteiger partial charge in [-0.05, 0) is 77.8 Å². The Kier molecular flexibility index (Phi) is 9.11. The van der Waals surface area contributed by atoms with Crippen molar-refractivity contribution in [2.24, 2.45) is 11.8 Å². The van der Waals surface area contributed by atoms with Crippen LogP contribution in [0.4, 0.5) is 10.1 Å². The Morgan fingerprint density at radius 2 is 1.93 bits per heavy atom. The summed E-state index contributed by atoms with van der Waals surface area (Å²) in [4.78, 5) is 37.6. The normalized spacial score (nSPS) is 24.1. The van der Waals surface area contributed by atoms with E-state index in [9.17, 15) is 19.2 Å². The molecule has 0 spiro atoms. The molecule has 2 unspecified atom stereocenters. The number of piperazine rings is 1. The molecule has 1 saturated heterocycles. The number of alkyl halides is 1. The molecule has 0 radical (unpaired) electrons. The number of amides is 1. The van der Waals surface area contributed by atoms with Crippen LogP contribution in [0.2, 0.25) is 0 Å². The first-order chi connectivity index (χ1) is 18.9. The molecule has 1 amide bonds. The Morgan fingerprint density at radius 3 is 2.60 bits per heavy atom. The van der Waals surface area contributed by atoms with Crippen LogP contribution in [0.25, 0.3) is 10.9 Å². The van der Waals surface area contributed by atoms with Gasteiger partial charge in [-0.25, -0.2) is 4.39 Å². The number of carbonyl (C=O) groups excluding carboxylic acids is 2. The van der Waals surface area contributed by atoms with Crippen LogP contribution in [-0.2, 0) is 4.79 Å². The maximum absolute atomic E-state index is 14.4. The molecular formula is C31H43FN6O2. The predicted molar refractivity (Wildman–Crippen MR) is 156 cm³/mol. The first-order valence-electron chi connectivity index (χ1n) is 14.3. The van der Waals surface area contributed by atoms with Crippen LogP contribution in [0.5, 0.6) is 0 Å². The molecule has 9 heteroatoms. The van der Waals surface area contributed by atoms with E-state index in [0.717, 1.165) is 51.4 Å². The molecule has 1 aromatic carbocycles. The first-order valence-corrected chi connectivity index (χ1v) is 14.3. The molecule has 4 rings (SSSR count). The zero-order valence-electron chi connectivity index (χ0n) is 24.5. The van der Waals surface area contributed by atoms with Crippen LogP contribution in [0, 0.1) is 23.2 Å². The Balaban J connectivity index is 1.34. The van der Waals surface area contributed by atoms with E-state index in [1.54, 1.807) is 12.3 Å². The fourth-order valence-corrected chi connectivity index (χ4v) is 6.03. The van der Waals surface area contributed by atoms with E-state index in [1.807, 2.05) is 18.2 Å². The number of fused-ring (bicyclic) bond motifs is 1. The Bertz CT molecular complexity index is 1260. The monoisotopic (exact) mass is 550 g/mol. The minimum Gasteiger partial charge on any atom is -0.375 e. The average Bonchev–Trinajstić information content (AvgIpc) is 3.25. The fourth-order valence-electron chi connectivity index (χ4n) is 6.03. The number of Topliss-reactive ketones (excluding diaryl/α,β-unsaturated/α-hetero) is 1. The lowest BCUT2D eigenvalue weighted by molar-refractivity contribution is -0.122. The molecule has 216 valence electrons. The molecule has 2 aromatic rings. The van der Waals surface area contributed by atoms with Gasteiger partial charge in [0.2, 0.25) is 0 Å². The van der Waals surface area contributed by atoms with E-state index in [-0.39, 0.29) is 36.6 Å². The third-order valence-electron chi connectivity index (χ3n) is 8.48. The van der Waals surface area contributed by atoms with Crippen LogP contribution >= 0.6 is 0 Å². The van der Waals surface area contributed by atoms with Gasteiger partial charge in [0.25, 0.3) is 5.91 Å². The lowest BCUT2D eigenvalue weighted by Crippen LogP contribution is -2.53. The van der Waals surface area contributed by atoms with Gasteiger partial charge in [-0.3, -0.25) is 19.5 Å². The summed E-state index contributed by atoms with van der Waals surface area (Å²) in [6.45, 7) is 14.3.